The number of furan rings is 1. The molecule has 1 aromatic heterocycles. The van der Waals surface area contributed by atoms with Crippen LogP contribution in [0.25, 0.3) is 114 Å². The van der Waals surface area contributed by atoms with Crippen LogP contribution in [0.1, 0.15) is 0 Å². The number of hydrogen-bond donors (Lipinski definition) is 0. The molecule has 55 heavy (non-hydrogen) atoms. The maximum Gasteiger partial charge on any atom is 0.194 e. The average molecular weight is 698 g/mol. The molecule has 0 saturated heterocycles. The van der Waals surface area contributed by atoms with Crippen LogP contribution in [0.2, 0.25) is 0 Å². The molecular weight excluding hydrogens is 667 g/mol. The normalized spacial score (nSPS) is 11.6. The van der Waals surface area contributed by atoms with E-state index in [1.54, 1.807) is 0 Å². The van der Waals surface area contributed by atoms with Gasteiger partial charge < -0.3 is 4.42 Å². The minimum absolute atomic E-state index is 0.655. The smallest absolute Gasteiger partial charge is 0.194 e. The second kappa shape index (κ2) is 12.3. The van der Waals surface area contributed by atoms with Crippen molar-refractivity contribution in [3.05, 3.63) is 199 Å². The van der Waals surface area contributed by atoms with Crippen LogP contribution in [0.15, 0.2) is 192 Å². The van der Waals surface area contributed by atoms with Crippen molar-refractivity contribution < 1.29 is 4.42 Å². The summed E-state index contributed by atoms with van der Waals surface area (Å²) in [5.41, 5.74) is 11.5. The highest BCUT2D eigenvalue weighted by molar-refractivity contribution is 6.26. The van der Waals surface area contributed by atoms with Gasteiger partial charge in [-0.3, -0.25) is 0 Å². The summed E-state index contributed by atoms with van der Waals surface area (Å²) in [6.45, 7) is 7.96. The first-order valence-corrected chi connectivity index (χ1v) is 18.6. The van der Waals surface area contributed by atoms with Crippen molar-refractivity contribution in [1.29, 1.82) is 0 Å². The highest BCUT2D eigenvalue weighted by Gasteiger charge is 2.22. The molecule has 0 radical (unpaired) electrons. The summed E-state index contributed by atoms with van der Waals surface area (Å²) < 4.78 is 6.89. The number of nitrogens with zero attached hydrogens (tertiary/aromatic N) is 1. The largest absolute Gasteiger partial charge is 0.455 e. The van der Waals surface area contributed by atoms with E-state index < -0.39 is 0 Å². The SMILES string of the molecule is [C-]#[N+]c1ccccc1-c1c2ccccc2c(-c2ccc3oc4c(-c5c6ccccc6c(-c6ccccc6)c6ccccc56)cccc4c3c2)c2ccccc12. The quantitative estimate of drug-likeness (QED) is 0.132. The molecule has 254 valence electrons. The molecule has 11 aromatic rings. The van der Waals surface area contributed by atoms with E-state index >= 15 is 0 Å². The first kappa shape index (κ1) is 31.1. The van der Waals surface area contributed by atoms with E-state index in [1.807, 2.05) is 18.2 Å². The molecule has 0 aliphatic rings. The van der Waals surface area contributed by atoms with Crippen molar-refractivity contribution in [3.63, 3.8) is 0 Å². The summed E-state index contributed by atoms with van der Waals surface area (Å²) >= 11 is 0. The molecule has 0 aliphatic heterocycles. The molecule has 0 N–H and O–H groups in total. The molecule has 11 rings (SSSR count). The molecule has 0 saturated carbocycles. The fourth-order valence-corrected chi connectivity index (χ4v) is 9.00. The van der Waals surface area contributed by atoms with Gasteiger partial charge in [-0.15, -0.1) is 0 Å². The average Bonchev–Trinajstić information content (AvgIpc) is 3.63. The zero-order valence-corrected chi connectivity index (χ0v) is 29.8. The van der Waals surface area contributed by atoms with Crippen LogP contribution >= 0.6 is 0 Å². The van der Waals surface area contributed by atoms with Crippen LogP contribution in [-0.4, -0.2) is 0 Å². The first-order chi connectivity index (χ1) is 27.3. The van der Waals surface area contributed by atoms with Crippen LogP contribution in [-0.2, 0) is 0 Å². The molecule has 2 heteroatoms. The minimum Gasteiger partial charge on any atom is -0.455 e. The molecule has 0 aliphatic carbocycles. The summed E-state index contributed by atoms with van der Waals surface area (Å²) in [4.78, 5) is 3.92. The molecule has 0 bridgehead atoms. The molecular formula is C53H31NO. The van der Waals surface area contributed by atoms with Crippen LogP contribution < -0.4 is 0 Å². The summed E-state index contributed by atoms with van der Waals surface area (Å²) in [6, 6.07) is 66.7. The Morgan fingerprint density at radius 1 is 0.327 bits per heavy atom. The van der Waals surface area contributed by atoms with E-state index in [1.165, 1.54) is 43.8 Å². The Hall–Kier alpha value is -7.47. The Morgan fingerprint density at radius 3 is 1.33 bits per heavy atom. The molecule has 2 nitrogen and oxygen atoms in total. The number of benzene rings is 10. The van der Waals surface area contributed by atoms with Crippen LogP contribution in [0.5, 0.6) is 0 Å². The molecule has 0 spiro atoms. The first-order valence-electron chi connectivity index (χ1n) is 18.6. The van der Waals surface area contributed by atoms with E-state index in [-0.39, 0.29) is 0 Å². The van der Waals surface area contributed by atoms with Gasteiger partial charge in [-0.25, -0.2) is 4.85 Å². The Kier molecular flexibility index (Phi) is 6.96. The van der Waals surface area contributed by atoms with Gasteiger partial charge in [0.15, 0.2) is 5.69 Å². The number of hydrogen-bond acceptors (Lipinski definition) is 1. The number of rotatable bonds is 4. The topological polar surface area (TPSA) is 17.5 Å². The van der Waals surface area contributed by atoms with Crippen molar-refractivity contribution in [2.45, 2.75) is 0 Å². The highest BCUT2D eigenvalue weighted by atomic mass is 16.3. The van der Waals surface area contributed by atoms with Gasteiger partial charge in [0.05, 0.1) is 6.57 Å². The minimum atomic E-state index is 0.655. The third kappa shape index (κ3) is 4.67. The lowest BCUT2D eigenvalue weighted by molar-refractivity contribution is 0.670. The lowest BCUT2D eigenvalue weighted by atomic mass is 9.85. The Bertz CT molecular complexity index is 3270. The van der Waals surface area contributed by atoms with Gasteiger partial charge in [-0.05, 0) is 88.6 Å². The predicted molar refractivity (Wildman–Crippen MR) is 232 cm³/mol. The van der Waals surface area contributed by atoms with Crippen molar-refractivity contribution >= 4 is 70.7 Å². The van der Waals surface area contributed by atoms with Gasteiger partial charge in [0.2, 0.25) is 0 Å². The summed E-state index contributed by atoms with van der Waals surface area (Å²) in [7, 11) is 0. The van der Waals surface area contributed by atoms with E-state index in [2.05, 4.69) is 175 Å². The molecule has 0 unspecified atom stereocenters. The molecule has 1 heterocycles. The third-order valence-electron chi connectivity index (χ3n) is 11.3. The summed E-state index contributed by atoms with van der Waals surface area (Å²) in [5.74, 6) is 0. The Labute approximate surface area is 318 Å². The molecule has 0 amide bonds. The van der Waals surface area contributed by atoms with Crippen LogP contribution in [0, 0.1) is 6.57 Å². The van der Waals surface area contributed by atoms with E-state index in [0.717, 1.165) is 65.7 Å². The maximum absolute atomic E-state index is 7.96. The number of fused-ring (bicyclic) bond motifs is 7. The molecule has 0 atom stereocenters. The molecule has 10 aromatic carbocycles. The molecule has 0 fully saturated rings. The Balaban J connectivity index is 1.18. The highest BCUT2D eigenvalue weighted by Crippen LogP contribution is 2.49. The van der Waals surface area contributed by atoms with Gasteiger partial charge in [0.25, 0.3) is 0 Å². The van der Waals surface area contributed by atoms with Gasteiger partial charge >= 0.3 is 0 Å². The summed E-state index contributed by atoms with van der Waals surface area (Å²) in [5, 5.41) is 11.6. The van der Waals surface area contributed by atoms with E-state index in [9.17, 15) is 0 Å². The van der Waals surface area contributed by atoms with Gasteiger partial charge in [-0.2, -0.15) is 0 Å². The lowest BCUT2D eigenvalue weighted by Gasteiger charge is -2.18. The second-order valence-corrected chi connectivity index (χ2v) is 14.2. The maximum atomic E-state index is 7.96. The van der Waals surface area contributed by atoms with E-state index in [0.29, 0.717) is 5.69 Å². The summed E-state index contributed by atoms with van der Waals surface area (Å²) in [6.07, 6.45) is 0. The predicted octanol–water partition coefficient (Wildman–Crippen LogP) is 15.4. The van der Waals surface area contributed by atoms with Crippen molar-refractivity contribution in [3.8, 4) is 44.5 Å². The van der Waals surface area contributed by atoms with Crippen LogP contribution in [0.3, 0.4) is 0 Å². The third-order valence-corrected chi connectivity index (χ3v) is 11.3. The van der Waals surface area contributed by atoms with Gasteiger partial charge in [0, 0.05) is 21.9 Å². The standard InChI is InChI=1S/C53H31NO/c1-54-47-29-14-13-26-44(47)51-39-22-9-7-20-37(39)50(38-21-8-10-23-40(38)51)34-30-31-48-46(32-34)43-27-15-28-45(53(43)55-48)52-41-24-11-5-18-35(41)49(33-16-3-2-4-17-33)36-19-6-12-25-42(36)52/h2-32H. The fourth-order valence-electron chi connectivity index (χ4n) is 9.00. The fraction of sp³-hybridized carbons (Fsp3) is 0. The number of para-hydroxylation sites is 2. The Morgan fingerprint density at radius 2 is 0.764 bits per heavy atom. The van der Waals surface area contributed by atoms with Crippen molar-refractivity contribution in [1.82, 2.24) is 0 Å². The zero-order valence-electron chi connectivity index (χ0n) is 29.8. The van der Waals surface area contributed by atoms with Crippen molar-refractivity contribution in [2.75, 3.05) is 0 Å². The second-order valence-electron chi connectivity index (χ2n) is 14.2. The van der Waals surface area contributed by atoms with Gasteiger partial charge in [-0.1, -0.05) is 176 Å². The van der Waals surface area contributed by atoms with Crippen molar-refractivity contribution in [2.24, 2.45) is 0 Å². The van der Waals surface area contributed by atoms with Gasteiger partial charge in [0.1, 0.15) is 11.2 Å². The monoisotopic (exact) mass is 697 g/mol. The lowest BCUT2D eigenvalue weighted by Crippen LogP contribution is -1.91. The van der Waals surface area contributed by atoms with E-state index in [4.69, 9.17) is 11.0 Å². The van der Waals surface area contributed by atoms with Crippen LogP contribution in [0.4, 0.5) is 5.69 Å². The zero-order chi connectivity index (χ0) is 36.5.